The molecule has 2 rings (SSSR count). The Morgan fingerprint density at radius 1 is 1.21 bits per heavy atom. The fraction of sp³-hybridized carbons (Fsp3) is 0.462. The molecule has 102 valence electrons. The Hall–Kier alpha value is -1.69. The van der Waals surface area contributed by atoms with E-state index in [1.165, 1.54) is 0 Å². The van der Waals surface area contributed by atoms with Gasteiger partial charge in [-0.25, -0.2) is 15.0 Å². The maximum Gasteiger partial charge on any atom is 0.138 e. The lowest BCUT2D eigenvalue weighted by atomic mass is 9.96. The number of rotatable bonds is 4. The molecule has 0 unspecified atom stereocenters. The SMILES string of the molecule is CNc1cc(NCc2cscn2)nc(C(C)(C)C)n1. The van der Waals surface area contributed by atoms with Crippen LogP contribution < -0.4 is 10.6 Å². The van der Waals surface area contributed by atoms with Crippen molar-refractivity contribution in [3.8, 4) is 0 Å². The lowest BCUT2D eigenvalue weighted by molar-refractivity contribution is 0.546. The van der Waals surface area contributed by atoms with Gasteiger partial charge in [0, 0.05) is 23.9 Å². The van der Waals surface area contributed by atoms with Crippen LogP contribution in [-0.4, -0.2) is 22.0 Å². The van der Waals surface area contributed by atoms with E-state index in [1.807, 2.05) is 24.0 Å². The predicted octanol–water partition coefficient (Wildman–Crippen LogP) is 2.88. The standard InChI is InChI=1S/C13H19N5S/c1-13(2,3)12-17-10(14-4)5-11(18-12)15-6-9-7-19-8-16-9/h5,7-8H,6H2,1-4H3,(H2,14,15,17,18). The van der Waals surface area contributed by atoms with Crippen molar-refractivity contribution in [1.82, 2.24) is 15.0 Å². The lowest BCUT2D eigenvalue weighted by Crippen LogP contribution is -2.18. The predicted molar refractivity (Wildman–Crippen MR) is 79.7 cm³/mol. The highest BCUT2D eigenvalue weighted by molar-refractivity contribution is 7.07. The second-order valence-electron chi connectivity index (χ2n) is 5.30. The summed E-state index contributed by atoms with van der Waals surface area (Å²) in [5.41, 5.74) is 2.77. The summed E-state index contributed by atoms with van der Waals surface area (Å²) in [6, 6.07) is 1.90. The summed E-state index contributed by atoms with van der Waals surface area (Å²) < 4.78 is 0. The van der Waals surface area contributed by atoms with Gasteiger partial charge in [-0.3, -0.25) is 0 Å². The number of nitrogens with zero attached hydrogens (tertiary/aromatic N) is 3. The normalized spacial score (nSPS) is 11.4. The molecule has 0 spiro atoms. The molecule has 2 aromatic rings. The zero-order chi connectivity index (χ0) is 13.9. The Morgan fingerprint density at radius 3 is 2.53 bits per heavy atom. The molecule has 0 aromatic carbocycles. The third-order valence-corrected chi connectivity index (χ3v) is 3.22. The van der Waals surface area contributed by atoms with Crippen molar-refractivity contribution < 1.29 is 0 Å². The van der Waals surface area contributed by atoms with E-state index in [2.05, 4.69) is 46.4 Å². The summed E-state index contributed by atoms with van der Waals surface area (Å²) in [6.07, 6.45) is 0. The van der Waals surface area contributed by atoms with E-state index in [0.29, 0.717) is 6.54 Å². The van der Waals surface area contributed by atoms with E-state index < -0.39 is 0 Å². The molecule has 0 aliphatic heterocycles. The van der Waals surface area contributed by atoms with Gasteiger partial charge in [-0.15, -0.1) is 11.3 Å². The first-order valence-electron chi connectivity index (χ1n) is 6.17. The summed E-state index contributed by atoms with van der Waals surface area (Å²) in [7, 11) is 1.86. The molecule has 0 saturated carbocycles. The van der Waals surface area contributed by atoms with Gasteiger partial charge >= 0.3 is 0 Å². The maximum atomic E-state index is 4.57. The molecule has 0 amide bonds. The van der Waals surface area contributed by atoms with Gasteiger partial charge in [0.2, 0.25) is 0 Å². The number of aromatic nitrogens is 3. The fourth-order valence-corrected chi connectivity index (χ4v) is 2.07. The van der Waals surface area contributed by atoms with Gasteiger partial charge in [-0.05, 0) is 0 Å². The van der Waals surface area contributed by atoms with Gasteiger partial charge in [-0.2, -0.15) is 0 Å². The van der Waals surface area contributed by atoms with Crippen molar-refractivity contribution in [2.45, 2.75) is 32.7 Å². The van der Waals surface area contributed by atoms with Crippen molar-refractivity contribution in [3.05, 3.63) is 28.5 Å². The number of thiazole rings is 1. The van der Waals surface area contributed by atoms with Crippen LogP contribution in [0.2, 0.25) is 0 Å². The van der Waals surface area contributed by atoms with E-state index in [1.54, 1.807) is 11.3 Å². The molecular formula is C13H19N5S. The molecule has 0 bridgehead atoms. The number of hydrogen-bond donors (Lipinski definition) is 2. The second-order valence-corrected chi connectivity index (χ2v) is 6.01. The lowest BCUT2D eigenvalue weighted by Gasteiger charge is -2.18. The van der Waals surface area contributed by atoms with Crippen LogP contribution in [-0.2, 0) is 12.0 Å². The minimum atomic E-state index is -0.0794. The molecule has 0 fully saturated rings. The summed E-state index contributed by atoms with van der Waals surface area (Å²) in [5, 5.41) is 8.38. The zero-order valence-electron chi connectivity index (χ0n) is 11.7. The average Bonchev–Trinajstić information content (AvgIpc) is 2.88. The van der Waals surface area contributed by atoms with Crippen LogP contribution in [0.3, 0.4) is 0 Å². The highest BCUT2D eigenvalue weighted by Crippen LogP contribution is 2.22. The minimum Gasteiger partial charge on any atom is -0.373 e. The van der Waals surface area contributed by atoms with Crippen LogP contribution in [0.15, 0.2) is 17.0 Å². The smallest absolute Gasteiger partial charge is 0.138 e. The monoisotopic (exact) mass is 277 g/mol. The molecule has 2 N–H and O–H groups in total. The molecule has 5 nitrogen and oxygen atoms in total. The van der Waals surface area contributed by atoms with Gasteiger partial charge < -0.3 is 10.6 Å². The van der Waals surface area contributed by atoms with E-state index in [-0.39, 0.29) is 5.41 Å². The first-order chi connectivity index (χ1) is 8.99. The van der Waals surface area contributed by atoms with E-state index in [4.69, 9.17) is 0 Å². The summed E-state index contributed by atoms with van der Waals surface area (Å²) in [4.78, 5) is 13.3. The van der Waals surface area contributed by atoms with Crippen LogP contribution in [0.5, 0.6) is 0 Å². The molecule has 6 heteroatoms. The fourth-order valence-electron chi connectivity index (χ4n) is 1.51. The van der Waals surface area contributed by atoms with Crippen LogP contribution in [0.1, 0.15) is 32.3 Å². The van der Waals surface area contributed by atoms with Crippen molar-refractivity contribution >= 4 is 23.0 Å². The Balaban J connectivity index is 2.19. The van der Waals surface area contributed by atoms with E-state index in [0.717, 1.165) is 23.2 Å². The van der Waals surface area contributed by atoms with Crippen molar-refractivity contribution in [2.24, 2.45) is 0 Å². The number of hydrogen-bond acceptors (Lipinski definition) is 6. The van der Waals surface area contributed by atoms with Crippen LogP contribution in [0, 0.1) is 0 Å². The number of anilines is 2. The first-order valence-corrected chi connectivity index (χ1v) is 7.11. The largest absolute Gasteiger partial charge is 0.373 e. The molecule has 2 aromatic heterocycles. The third-order valence-electron chi connectivity index (χ3n) is 2.59. The van der Waals surface area contributed by atoms with Crippen molar-refractivity contribution in [3.63, 3.8) is 0 Å². The molecule has 2 heterocycles. The summed E-state index contributed by atoms with van der Waals surface area (Å²) in [6.45, 7) is 6.98. The molecular weight excluding hydrogens is 258 g/mol. The molecule has 0 aliphatic rings. The zero-order valence-corrected chi connectivity index (χ0v) is 12.5. The van der Waals surface area contributed by atoms with Gasteiger partial charge in [0.25, 0.3) is 0 Å². The third kappa shape index (κ3) is 3.64. The topological polar surface area (TPSA) is 62.7 Å². The van der Waals surface area contributed by atoms with Crippen molar-refractivity contribution in [2.75, 3.05) is 17.7 Å². The summed E-state index contributed by atoms with van der Waals surface area (Å²) >= 11 is 1.59. The Morgan fingerprint density at radius 2 is 1.95 bits per heavy atom. The maximum absolute atomic E-state index is 4.57. The van der Waals surface area contributed by atoms with E-state index >= 15 is 0 Å². The van der Waals surface area contributed by atoms with Crippen LogP contribution in [0.25, 0.3) is 0 Å². The van der Waals surface area contributed by atoms with Gasteiger partial charge in [0.1, 0.15) is 17.5 Å². The van der Waals surface area contributed by atoms with Crippen LogP contribution in [0.4, 0.5) is 11.6 Å². The van der Waals surface area contributed by atoms with Gasteiger partial charge in [-0.1, -0.05) is 20.8 Å². The van der Waals surface area contributed by atoms with Gasteiger partial charge in [0.05, 0.1) is 17.7 Å². The first kappa shape index (κ1) is 13.7. The highest BCUT2D eigenvalue weighted by atomic mass is 32.1. The van der Waals surface area contributed by atoms with Crippen LogP contribution >= 0.6 is 11.3 Å². The molecule has 0 aliphatic carbocycles. The average molecular weight is 277 g/mol. The molecule has 0 atom stereocenters. The van der Waals surface area contributed by atoms with E-state index in [9.17, 15) is 0 Å². The Labute approximate surface area is 117 Å². The minimum absolute atomic E-state index is 0.0794. The van der Waals surface area contributed by atoms with Crippen molar-refractivity contribution in [1.29, 1.82) is 0 Å². The molecule has 0 radical (unpaired) electrons. The highest BCUT2D eigenvalue weighted by Gasteiger charge is 2.18. The summed E-state index contributed by atoms with van der Waals surface area (Å²) in [5.74, 6) is 2.46. The Bertz CT molecular complexity index is 530. The quantitative estimate of drug-likeness (QED) is 0.899. The molecule has 19 heavy (non-hydrogen) atoms. The van der Waals surface area contributed by atoms with Gasteiger partial charge in [0.15, 0.2) is 0 Å². The molecule has 0 saturated heterocycles. The second kappa shape index (κ2) is 5.52. The number of nitrogens with one attached hydrogen (secondary N) is 2. The Kier molecular flexibility index (Phi) is 3.99.